The molecule has 0 rings (SSSR count). The fraction of sp³-hybridized carbons (Fsp3) is 0.621. The molecule has 0 aromatic heterocycles. The fourth-order valence-electron chi connectivity index (χ4n) is 3.04. The van der Waals surface area contributed by atoms with Gasteiger partial charge in [0, 0.05) is 6.42 Å². The van der Waals surface area contributed by atoms with Gasteiger partial charge in [0.15, 0.2) is 0 Å². The minimum atomic E-state index is -0.0228. The van der Waals surface area contributed by atoms with Crippen molar-refractivity contribution in [3.05, 3.63) is 60.8 Å². The predicted molar refractivity (Wildman–Crippen MR) is 137 cm³/mol. The van der Waals surface area contributed by atoms with Crippen LogP contribution in [-0.2, 0) is 9.53 Å². The minimum Gasteiger partial charge on any atom is -0.466 e. The van der Waals surface area contributed by atoms with Crippen molar-refractivity contribution in [1.29, 1.82) is 0 Å². The average molecular weight is 429 g/mol. The topological polar surface area (TPSA) is 26.3 Å². The van der Waals surface area contributed by atoms with E-state index in [9.17, 15) is 4.79 Å². The molecular weight excluding hydrogens is 380 g/mol. The van der Waals surface area contributed by atoms with E-state index in [0.29, 0.717) is 13.0 Å². The fourth-order valence-corrected chi connectivity index (χ4v) is 3.04. The molecule has 0 heterocycles. The summed E-state index contributed by atoms with van der Waals surface area (Å²) in [6.07, 6.45) is 38.3. The van der Waals surface area contributed by atoms with Gasteiger partial charge < -0.3 is 4.74 Å². The van der Waals surface area contributed by atoms with Crippen LogP contribution in [0, 0.1) is 0 Å². The zero-order chi connectivity index (χ0) is 22.7. The summed E-state index contributed by atoms with van der Waals surface area (Å²) in [5, 5.41) is 0. The number of esters is 1. The molecule has 0 bridgehead atoms. The van der Waals surface area contributed by atoms with Gasteiger partial charge in [0.1, 0.15) is 0 Å². The Morgan fingerprint density at radius 2 is 1.10 bits per heavy atom. The Balaban J connectivity index is 3.42. The molecule has 0 saturated heterocycles. The summed E-state index contributed by atoms with van der Waals surface area (Å²) in [5.74, 6) is -0.0228. The van der Waals surface area contributed by atoms with Gasteiger partial charge >= 0.3 is 5.97 Å². The molecule has 0 spiro atoms. The smallest absolute Gasteiger partial charge is 0.305 e. The van der Waals surface area contributed by atoms with Crippen LogP contribution in [0.4, 0.5) is 0 Å². The number of rotatable bonds is 21. The van der Waals surface area contributed by atoms with Crippen LogP contribution in [0.25, 0.3) is 0 Å². The highest BCUT2D eigenvalue weighted by molar-refractivity contribution is 5.69. The van der Waals surface area contributed by atoms with Crippen LogP contribution in [0.3, 0.4) is 0 Å². The second-order valence-corrected chi connectivity index (χ2v) is 7.94. The summed E-state index contributed by atoms with van der Waals surface area (Å²) in [6.45, 7) is 4.97. The second kappa shape index (κ2) is 26.2. The highest BCUT2D eigenvalue weighted by Crippen LogP contribution is 2.07. The highest BCUT2D eigenvalue weighted by Gasteiger charge is 2.01. The van der Waals surface area contributed by atoms with E-state index >= 15 is 0 Å². The summed E-state index contributed by atoms with van der Waals surface area (Å²) >= 11 is 0. The first-order chi connectivity index (χ1) is 15.3. The SMILES string of the molecule is CC/C=C\C/C=C\C/C=C\C/C=C\C/C=C\CCCCCC(=O)OCCCCCCC. The van der Waals surface area contributed by atoms with Crippen molar-refractivity contribution in [3.8, 4) is 0 Å². The molecule has 31 heavy (non-hydrogen) atoms. The largest absolute Gasteiger partial charge is 0.466 e. The zero-order valence-corrected chi connectivity index (χ0v) is 20.4. The van der Waals surface area contributed by atoms with E-state index in [4.69, 9.17) is 4.74 Å². The summed E-state index contributed by atoms with van der Waals surface area (Å²) < 4.78 is 5.29. The van der Waals surface area contributed by atoms with Gasteiger partial charge in [0.2, 0.25) is 0 Å². The second-order valence-electron chi connectivity index (χ2n) is 7.94. The lowest BCUT2D eigenvalue weighted by molar-refractivity contribution is -0.143. The molecule has 0 aliphatic carbocycles. The minimum absolute atomic E-state index is 0.0228. The number of hydrogen-bond donors (Lipinski definition) is 0. The molecule has 2 nitrogen and oxygen atoms in total. The van der Waals surface area contributed by atoms with Crippen molar-refractivity contribution >= 4 is 5.97 Å². The molecule has 0 aliphatic heterocycles. The Kier molecular flexibility index (Phi) is 24.7. The third kappa shape index (κ3) is 26.1. The number of carbonyl (C=O) groups is 1. The van der Waals surface area contributed by atoms with E-state index in [1.807, 2.05) is 0 Å². The molecule has 0 radical (unpaired) electrons. The number of allylic oxidation sites excluding steroid dienone is 10. The van der Waals surface area contributed by atoms with Gasteiger partial charge in [-0.15, -0.1) is 0 Å². The molecule has 0 aromatic rings. The van der Waals surface area contributed by atoms with Crippen molar-refractivity contribution in [2.45, 2.75) is 110 Å². The Hall–Kier alpha value is -1.83. The zero-order valence-electron chi connectivity index (χ0n) is 20.4. The van der Waals surface area contributed by atoms with Gasteiger partial charge in [-0.25, -0.2) is 0 Å². The Bertz CT molecular complexity index is 523. The quantitative estimate of drug-likeness (QED) is 0.103. The molecule has 0 fully saturated rings. The van der Waals surface area contributed by atoms with Crippen molar-refractivity contribution in [1.82, 2.24) is 0 Å². The molecular formula is C29H48O2. The molecule has 0 amide bonds. The maximum absolute atomic E-state index is 11.7. The summed E-state index contributed by atoms with van der Waals surface area (Å²) in [5.41, 5.74) is 0. The van der Waals surface area contributed by atoms with E-state index in [1.165, 1.54) is 25.7 Å². The number of ether oxygens (including phenoxy) is 1. The molecule has 0 atom stereocenters. The summed E-state index contributed by atoms with van der Waals surface area (Å²) in [7, 11) is 0. The van der Waals surface area contributed by atoms with Crippen molar-refractivity contribution in [3.63, 3.8) is 0 Å². The lowest BCUT2D eigenvalue weighted by atomic mass is 10.1. The van der Waals surface area contributed by atoms with E-state index in [2.05, 4.69) is 74.6 Å². The molecule has 2 heteroatoms. The van der Waals surface area contributed by atoms with Crippen LogP contribution >= 0.6 is 0 Å². The summed E-state index contributed by atoms with van der Waals surface area (Å²) in [6, 6.07) is 0. The van der Waals surface area contributed by atoms with Crippen molar-refractivity contribution < 1.29 is 9.53 Å². The third-order valence-electron chi connectivity index (χ3n) is 4.92. The first kappa shape index (κ1) is 29.2. The van der Waals surface area contributed by atoms with Gasteiger partial charge in [-0.3, -0.25) is 4.79 Å². The van der Waals surface area contributed by atoms with Crippen LogP contribution in [0.2, 0.25) is 0 Å². The van der Waals surface area contributed by atoms with Gasteiger partial charge in [0.25, 0.3) is 0 Å². The Morgan fingerprint density at radius 3 is 1.68 bits per heavy atom. The highest BCUT2D eigenvalue weighted by atomic mass is 16.5. The maximum Gasteiger partial charge on any atom is 0.305 e. The van der Waals surface area contributed by atoms with Crippen molar-refractivity contribution in [2.75, 3.05) is 6.61 Å². The first-order valence-electron chi connectivity index (χ1n) is 12.7. The van der Waals surface area contributed by atoms with Crippen LogP contribution < -0.4 is 0 Å². The molecule has 0 saturated carbocycles. The normalized spacial score (nSPS) is 12.5. The van der Waals surface area contributed by atoms with Crippen molar-refractivity contribution in [2.24, 2.45) is 0 Å². The lowest BCUT2D eigenvalue weighted by Gasteiger charge is -2.04. The molecule has 0 unspecified atom stereocenters. The van der Waals surface area contributed by atoms with Gasteiger partial charge in [-0.2, -0.15) is 0 Å². The number of unbranched alkanes of at least 4 members (excludes halogenated alkanes) is 7. The molecule has 176 valence electrons. The number of carbonyl (C=O) groups excluding carboxylic acids is 1. The average Bonchev–Trinajstić information content (AvgIpc) is 2.77. The van der Waals surface area contributed by atoms with Crippen LogP contribution in [0.1, 0.15) is 110 Å². The molecule has 0 aromatic carbocycles. The van der Waals surface area contributed by atoms with E-state index in [-0.39, 0.29) is 5.97 Å². The Morgan fingerprint density at radius 1 is 0.581 bits per heavy atom. The van der Waals surface area contributed by atoms with Crippen LogP contribution in [0.5, 0.6) is 0 Å². The number of hydrogen-bond acceptors (Lipinski definition) is 2. The first-order valence-corrected chi connectivity index (χ1v) is 12.7. The Labute approximate surface area is 193 Å². The van der Waals surface area contributed by atoms with Gasteiger partial charge in [-0.1, -0.05) is 107 Å². The molecule has 0 N–H and O–H groups in total. The lowest BCUT2D eigenvalue weighted by Crippen LogP contribution is -2.05. The van der Waals surface area contributed by atoms with E-state index in [1.54, 1.807) is 0 Å². The van der Waals surface area contributed by atoms with Gasteiger partial charge in [-0.05, 0) is 57.8 Å². The predicted octanol–water partition coefficient (Wildman–Crippen LogP) is 9.20. The third-order valence-corrected chi connectivity index (χ3v) is 4.92. The van der Waals surface area contributed by atoms with Crippen LogP contribution in [0.15, 0.2) is 60.8 Å². The maximum atomic E-state index is 11.7. The van der Waals surface area contributed by atoms with Gasteiger partial charge in [0.05, 0.1) is 6.61 Å². The van der Waals surface area contributed by atoms with E-state index in [0.717, 1.165) is 64.2 Å². The van der Waals surface area contributed by atoms with E-state index < -0.39 is 0 Å². The monoisotopic (exact) mass is 428 g/mol. The summed E-state index contributed by atoms with van der Waals surface area (Å²) in [4.78, 5) is 11.7. The molecule has 0 aliphatic rings. The van der Waals surface area contributed by atoms with Crippen LogP contribution in [-0.4, -0.2) is 12.6 Å². The standard InChI is InChI=1S/C29H48O2/c1-3-5-7-9-10-11-12-13-14-15-16-17-18-19-20-21-22-23-25-27-29(30)31-28-26-24-8-6-4-2/h5,7,10-11,13-14,16-17,19-20H,3-4,6,8-9,12,15,18,21-28H2,1-2H3/b7-5-,11-10-,14-13-,17-16-,20-19-.